The molecular formula is C16H14F4N4O3. The van der Waals surface area contributed by atoms with Crippen molar-refractivity contribution >= 4 is 11.9 Å². The van der Waals surface area contributed by atoms with Crippen LogP contribution in [-0.2, 0) is 11.0 Å². The van der Waals surface area contributed by atoms with E-state index in [4.69, 9.17) is 5.11 Å². The van der Waals surface area contributed by atoms with E-state index in [1.807, 2.05) is 0 Å². The number of rotatable bonds is 3. The van der Waals surface area contributed by atoms with Crippen LogP contribution in [-0.4, -0.2) is 50.0 Å². The molecule has 1 aromatic heterocycles. The number of amides is 1. The molecule has 0 saturated carbocycles. The third-order valence-corrected chi connectivity index (χ3v) is 4.25. The normalized spacial score (nSPS) is 17.8. The van der Waals surface area contributed by atoms with E-state index < -0.39 is 41.2 Å². The minimum Gasteiger partial charge on any atom is -0.481 e. The van der Waals surface area contributed by atoms with Gasteiger partial charge in [0, 0.05) is 13.1 Å². The number of hydrogen-bond donors (Lipinski definition) is 1. The van der Waals surface area contributed by atoms with Crippen LogP contribution in [0.15, 0.2) is 24.3 Å². The van der Waals surface area contributed by atoms with Gasteiger partial charge in [0.15, 0.2) is 11.4 Å². The highest BCUT2D eigenvalue weighted by atomic mass is 19.4. The molecule has 1 N–H and O–H groups in total. The molecule has 1 saturated heterocycles. The second-order valence-electron chi connectivity index (χ2n) is 6.10. The molecule has 1 aliphatic heterocycles. The molecule has 0 unspecified atom stereocenters. The fourth-order valence-electron chi connectivity index (χ4n) is 2.98. The standard InChI is InChI=1S/C16H14F4N4O3/c17-10-4-1-5-11(7-10)24-13(16(18,19)20)12(21-22-24)14(25)23-6-2-3-9(8-23)15(26)27/h1,4-5,7,9H,2-3,6,8H2,(H,26,27)/t9-/m0/s1. The van der Waals surface area contributed by atoms with Crippen molar-refractivity contribution in [3.63, 3.8) is 0 Å². The topological polar surface area (TPSA) is 88.3 Å². The zero-order valence-corrected chi connectivity index (χ0v) is 13.8. The summed E-state index contributed by atoms with van der Waals surface area (Å²) >= 11 is 0. The molecule has 0 aliphatic carbocycles. The molecule has 3 rings (SSSR count). The van der Waals surface area contributed by atoms with E-state index >= 15 is 0 Å². The van der Waals surface area contributed by atoms with E-state index in [0.29, 0.717) is 17.5 Å². The van der Waals surface area contributed by atoms with E-state index in [9.17, 15) is 27.2 Å². The van der Waals surface area contributed by atoms with Gasteiger partial charge in [0.05, 0.1) is 11.6 Å². The number of halogens is 4. The number of carboxylic acid groups (broad SMARTS) is 1. The van der Waals surface area contributed by atoms with E-state index in [1.54, 1.807) is 0 Å². The van der Waals surface area contributed by atoms with Crippen molar-refractivity contribution in [2.24, 2.45) is 5.92 Å². The quantitative estimate of drug-likeness (QED) is 0.819. The number of hydrogen-bond acceptors (Lipinski definition) is 4. The van der Waals surface area contributed by atoms with Gasteiger partial charge < -0.3 is 10.0 Å². The van der Waals surface area contributed by atoms with Gasteiger partial charge >= 0.3 is 12.1 Å². The molecule has 27 heavy (non-hydrogen) atoms. The predicted octanol–water partition coefficient (Wildman–Crippen LogP) is 2.36. The predicted molar refractivity (Wildman–Crippen MR) is 82.6 cm³/mol. The summed E-state index contributed by atoms with van der Waals surface area (Å²) in [7, 11) is 0. The molecular weight excluding hydrogens is 372 g/mol. The second kappa shape index (κ2) is 6.97. The van der Waals surface area contributed by atoms with Crippen molar-refractivity contribution in [1.82, 2.24) is 19.9 Å². The zero-order valence-electron chi connectivity index (χ0n) is 13.8. The van der Waals surface area contributed by atoms with Crippen LogP contribution in [0.3, 0.4) is 0 Å². The maximum absolute atomic E-state index is 13.6. The average molecular weight is 386 g/mol. The summed E-state index contributed by atoms with van der Waals surface area (Å²) in [5.74, 6) is -3.80. The minimum absolute atomic E-state index is 0.118. The Morgan fingerprint density at radius 1 is 1.26 bits per heavy atom. The smallest absolute Gasteiger partial charge is 0.435 e. The van der Waals surface area contributed by atoms with Crippen LogP contribution < -0.4 is 0 Å². The molecule has 2 heterocycles. The van der Waals surface area contributed by atoms with Gasteiger partial charge in [-0.25, -0.2) is 9.07 Å². The highest BCUT2D eigenvalue weighted by molar-refractivity contribution is 5.94. The second-order valence-corrected chi connectivity index (χ2v) is 6.10. The van der Waals surface area contributed by atoms with Gasteiger partial charge in [0.25, 0.3) is 5.91 Å². The Morgan fingerprint density at radius 3 is 2.63 bits per heavy atom. The lowest BCUT2D eigenvalue weighted by atomic mass is 9.98. The van der Waals surface area contributed by atoms with Gasteiger partial charge in [-0.3, -0.25) is 9.59 Å². The number of carbonyl (C=O) groups excluding carboxylic acids is 1. The Kier molecular flexibility index (Phi) is 4.85. The summed E-state index contributed by atoms with van der Waals surface area (Å²) in [5, 5.41) is 15.8. The van der Waals surface area contributed by atoms with E-state index in [0.717, 1.165) is 17.0 Å². The molecule has 1 fully saturated rings. The number of carbonyl (C=O) groups is 2. The van der Waals surface area contributed by atoms with Crippen LogP contribution >= 0.6 is 0 Å². The van der Waals surface area contributed by atoms with Crippen molar-refractivity contribution in [1.29, 1.82) is 0 Å². The van der Waals surface area contributed by atoms with Gasteiger partial charge in [-0.15, -0.1) is 5.10 Å². The van der Waals surface area contributed by atoms with E-state index in [2.05, 4.69) is 10.3 Å². The number of nitrogens with zero attached hydrogens (tertiary/aromatic N) is 4. The van der Waals surface area contributed by atoms with Crippen LogP contribution in [0.4, 0.5) is 17.6 Å². The number of piperidine rings is 1. The number of aromatic nitrogens is 3. The molecule has 0 spiro atoms. The number of aliphatic carboxylic acids is 1. The summed E-state index contributed by atoms with van der Waals surface area (Å²) in [4.78, 5) is 24.7. The summed E-state index contributed by atoms with van der Waals surface area (Å²) in [6.45, 7) is -0.0922. The van der Waals surface area contributed by atoms with Crippen LogP contribution in [0.25, 0.3) is 5.69 Å². The van der Waals surface area contributed by atoms with Crippen LogP contribution in [0.5, 0.6) is 0 Å². The Labute approximate surface area is 150 Å². The summed E-state index contributed by atoms with van der Waals surface area (Å²) in [6.07, 6.45) is -4.30. The van der Waals surface area contributed by atoms with Crippen molar-refractivity contribution < 1.29 is 32.3 Å². The van der Waals surface area contributed by atoms with Crippen LogP contribution in [0, 0.1) is 11.7 Å². The number of alkyl halides is 3. The molecule has 1 atom stereocenters. The Hall–Kier alpha value is -2.98. The average Bonchev–Trinajstić information content (AvgIpc) is 3.06. The zero-order chi connectivity index (χ0) is 19.8. The largest absolute Gasteiger partial charge is 0.481 e. The summed E-state index contributed by atoms with van der Waals surface area (Å²) in [5.41, 5.74) is -2.62. The molecule has 0 bridgehead atoms. The summed E-state index contributed by atoms with van der Waals surface area (Å²) in [6, 6.07) is 4.29. The molecule has 0 radical (unpaired) electrons. The maximum atomic E-state index is 13.6. The minimum atomic E-state index is -4.98. The van der Waals surface area contributed by atoms with Crippen LogP contribution in [0.2, 0.25) is 0 Å². The molecule has 11 heteroatoms. The Morgan fingerprint density at radius 2 is 2.00 bits per heavy atom. The summed E-state index contributed by atoms with van der Waals surface area (Å²) < 4.78 is 54.5. The SMILES string of the molecule is O=C(O)[C@H]1CCCN(C(=O)c2nnn(-c3cccc(F)c3)c2C(F)(F)F)C1. The van der Waals surface area contributed by atoms with Crippen molar-refractivity contribution in [2.45, 2.75) is 19.0 Å². The van der Waals surface area contributed by atoms with Crippen LogP contribution in [0.1, 0.15) is 29.0 Å². The van der Waals surface area contributed by atoms with Gasteiger partial charge in [0.2, 0.25) is 0 Å². The Balaban J connectivity index is 2.01. The first kappa shape index (κ1) is 18.8. The van der Waals surface area contributed by atoms with Crippen molar-refractivity contribution in [3.05, 3.63) is 41.5 Å². The highest BCUT2D eigenvalue weighted by Gasteiger charge is 2.43. The molecule has 2 aromatic rings. The van der Waals surface area contributed by atoms with E-state index in [-0.39, 0.29) is 18.8 Å². The van der Waals surface area contributed by atoms with Gasteiger partial charge in [-0.2, -0.15) is 13.2 Å². The molecule has 144 valence electrons. The molecule has 1 amide bonds. The number of benzene rings is 1. The molecule has 1 aliphatic rings. The first-order chi connectivity index (χ1) is 12.7. The Bertz CT molecular complexity index is 881. The third kappa shape index (κ3) is 3.76. The fourth-order valence-corrected chi connectivity index (χ4v) is 2.98. The third-order valence-electron chi connectivity index (χ3n) is 4.25. The first-order valence-corrected chi connectivity index (χ1v) is 7.99. The fraction of sp³-hybridized carbons (Fsp3) is 0.375. The lowest BCUT2D eigenvalue weighted by Gasteiger charge is -2.30. The van der Waals surface area contributed by atoms with E-state index in [1.165, 1.54) is 12.1 Å². The number of likely N-dealkylation sites (tertiary alicyclic amines) is 1. The maximum Gasteiger partial charge on any atom is 0.435 e. The monoisotopic (exact) mass is 386 g/mol. The van der Waals surface area contributed by atoms with Gasteiger partial charge in [0.1, 0.15) is 5.82 Å². The van der Waals surface area contributed by atoms with Crippen molar-refractivity contribution in [3.8, 4) is 5.69 Å². The highest BCUT2D eigenvalue weighted by Crippen LogP contribution is 2.33. The lowest BCUT2D eigenvalue weighted by molar-refractivity contribution is -0.144. The van der Waals surface area contributed by atoms with Gasteiger partial charge in [-0.05, 0) is 31.0 Å². The molecule has 1 aromatic carbocycles. The van der Waals surface area contributed by atoms with Crippen molar-refractivity contribution in [2.75, 3.05) is 13.1 Å². The number of carboxylic acids is 1. The molecule has 7 nitrogen and oxygen atoms in total. The lowest BCUT2D eigenvalue weighted by Crippen LogP contribution is -2.43. The van der Waals surface area contributed by atoms with Gasteiger partial charge in [-0.1, -0.05) is 11.3 Å². The first-order valence-electron chi connectivity index (χ1n) is 7.99.